The van der Waals surface area contributed by atoms with Crippen LogP contribution in [-0.2, 0) is 0 Å². The Balaban J connectivity index is 2.80. The third-order valence-corrected chi connectivity index (χ3v) is 1.58. The Morgan fingerprint density at radius 3 is 2.70 bits per heavy atom. The van der Waals surface area contributed by atoms with E-state index >= 15 is 0 Å². The summed E-state index contributed by atoms with van der Waals surface area (Å²) in [6.45, 7) is 0. The van der Waals surface area contributed by atoms with E-state index in [-0.39, 0.29) is 0 Å². The first kappa shape index (κ1) is 5.35. The highest BCUT2D eigenvalue weighted by Crippen LogP contribution is 2.20. The normalized spacial score (nSPS) is 10.4. The van der Waals surface area contributed by atoms with Gasteiger partial charge in [-0.25, -0.2) is 0 Å². The molecule has 1 heterocycles. The molecule has 10 heavy (non-hydrogen) atoms. The first-order valence-electron chi connectivity index (χ1n) is 3.13. The number of pyridine rings is 1. The van der Waals surface area contributed by atoms with Crippen molar-refractivity contribution in [3.63, 3.8) is 0 Å². The van der Waals surface area contributed by atoms with Crippen LogP contribution in [0, 0.1) is 0 Å². The fourth-order valence-electron chi connectivity index (χ4n) is 1.08. The minimum Gasteiger partial charge on any atom is -0.428 e. The molecular weight excluding hydrogens is 126 g/mol. The molecule has 0 aromatic heterocycles. The molecule has 0 saturated carbocycles. The van der Waals surface area contributed by atoms with Crippen LogP contribution in [0.1, 0.15) is 0 Å². The van der Waals surface area contributed by atoms with Crippen molar-refractivity contribution in [3.8, 4) is 11.3 Å². The molecule has 2 heteroatoms. The maximum Gasteiger partial charge on any atom is 0.0864 e. The van der Waals surface area contributed by atoms with Gasteiger partial charge in [-0.2, -0.15) is 4.73 Å². The van der Waals surface area contributed by atoms with E-state index in [1.54, 1.807) is 6.20 Å². The molecule has 50 valence electrons. The second-order valence-corrected chi connectivity index (χ2v) is 2.22. The average molecular weight is 133 g/mol. The van der Waals surface area contributed by atoms with Crippen molar-refractivity contribution in [2.45, 2.75) is 0 Å². The summed E-state index contributed by atoms with van der Waals surface area (Å²) in [6, 6.07) is 9.51. The predicted octanol–water partition coefficient (Wildman–Crippen LogP) is 1.83. The Morgan fingerprint density at radius 1 is 1.10 bits per heavy atom. The third-order valence-electron chi connectivity index (χ3n) is 1.58. The Bertz CT molecular complexity index is 313. The van der Waals surface area contributed by atoms with Crippen LogP contribution in [0.2, 0.25) is 0 Å². The van der Waals surface area contributed by atoms with Gasteiger partial charge in [0.05, 0.1) is 5.69 Å². The average Bonchev–Trinajstić information content (AvgIpc) is 2.36. The smallest absolute Gasteiger partial charge is 0.0864 e. The molecule has 0 bridgehead atoms. The van der Waals surface area contributed by atoms with Gasteiger partial charge in [-0.1, -0.05) is 18.2 Å². The molecule has 1 N–H and O–H groups in total. The number of hydrogen-bond donors (Lipinski definition) is 1. The van der Waals surface area contributed by atoms with Gasteiger partial charge in [0.25, 0.3) is 0 Å². The molecule has 0 amide bonds. The molecule has 0 atom stereocenters. The zero-order valence-corrected chi connectivity index (χ0v) is 5.36. The lowest BCUT2D eigenvalue weighted by atomic mass is 10.2. The van der Waals surface area contributed by atoms with Crippen molar-refractivity contribution < 1.29 is 5.21 Å². The molecule has 0 unspecified atom stereocenters. The number of hydrogen-bond acceptors (Lipinski definition) is 1. The number of fused-ring (bicyclic) bond motifs is 1. The summed E-state index contributed by atoms with van der Waals surface area (Å²) in [5.74, 6) is 0. The lowest BCUT2D eigenvalue weighted by Gasteiger charge is -2.02. The van der Waals surface area contributed by atoms with Crippen LogP contribution in [0.15, 0.2) is 36.5 Å². The molecule has 1 aliphatic carbocycles. The van der Waals surface area contributed by atoms with Gasteiger partial charge in [0, 0.05) is 11.8 Å². The summed E-state index contributed by atoms with van der Waals surface area (Å²) in [7, 11) is 0. The van der Waals surface area contributed by atoms with Gasteiger partial charge in [0.15, 0.2) is 0 Å². The Labute approximate surface area is 58.6 Å². The minimum atomic E-state index is 0.850. The second kappa shape index (κ2) is 1.77. The largest absolute Gasteiger partial charge is 0.428 e. The van der Waals surface area contributed by atoms with E-state index in [1.165, 1.54) is 0 Å². The first-order chi connectivity index (χ1) is 4.88. The fraction of sp³-hybridized carbons (Fsp3) is 0. The molecule has 0 radical (unpaired) electrons. The highest BCUT2D eigenvalue weighted by atomic mass is 16.5. The lowest BCUT2D eigenvalue weighted by molar-refractivity contribution is 0.189. The highest BCUT2D eigenvalue weighted by molar-refractivity contribution is 5.61. The van der Waals surface area contributed by atoms with E-state index in [9.17, 15) is 5.21 Å². The summed E-state index contributed by atoms with van der Waals surface area (Å²) in [5, 5.41) is 9.18. The van der Waals surface area contributed by atoms with E-state index in [1.807, 2.05) is 30.3 Å². The van der Waals surface area contributed by atoms with Crippen LogP contribution in [0.4, 0.5) is 0 Å². The number of aromatic nitrogens is 1. The molecule has 2 rings (SSSR count). The van der Waals surface area contributed by atoms with E-state index in [2.05, 4.69) is 0 Å². The standard InChI is InChI=1S/C8H7NO/c10-9-6-2-4-7-3-1-5-8(7)9/h1-6,10H. The van der Waals surface area contributed by atoms with Gasteiger partial charge in [-0.3, -0.25) is 0 Å². The monoisotopic (exact) mass is 133 g/mol. The Hall–Kier alpha value is -1.44. The summed E-state index contributed by atoms with van der Waals surface area (Å²) >= 11 is 0. The first-order valence-corrected chi connectivity index (χ1v) is 3.13. The zero-order chi connectivity index (χ0) is 6.97. The molecule has 2 aliphatic rings. The molecule has 0 aromatic carbocycles. The molecule has 2 nitrogen and oxygen atoms in total. The van der Waals surface area contributed by atoms with E-state index in [0.29, 0.717) is 0 Å². The lowest BCUT2D eigenvalue weighted by Crippen LogP contribution is -1.93. The van der Waals surface area contributed by atoms with Gasteiger partial charge in [0.1, 0.15) is 0 Å². The second-order valence-electron chi connectivity index (χ2n) is 2.22. The van der Waals surface area contributed by atoms with Crippen molar-refractivity contribution in [2.75, 3.05) is 0 Å². The SMILES string of the molecule is On1cccc2cccc1-2. The number of nitrogens with zero attached hydrogens (tertiary/aromatic N) is 1. The van der Waals surface area contributed by atoms with Crippen LogP contribution < -0.4 is 0 Å². The summed E-state index contributed by atoms with van der Waals surface area (Å²) in [5.41, 5.74) is 1.91. The zero-order valence-electron chi connectivity index (χ0n) is 5.36. The van der Waals surface area contributed by atoms with E-state index in [4.69, 9.17) is 0 Å². The fourth-order valence-corrected chi connectivity index (χ4v) is 1.08. The van der Waals surface area contributed by atoms with Gasteiger partial charge >= 0.3 is 0 Å². The van der Waals surface area contributed by atoms with Crippen molar-refractivity contribution >= 4 is 0 Å². The van der Waals surface area contributed by atoms with Crippen molar-refractivity contribution in [1.82, 2.24) is 4.73 Å². The van der Waals surface area contributed by atoms with Gasteiger partial charge < -0.3 is 5.21 Å². The van der Waals surface area contributed by atoms with Crippen molar-refractivity contribution in [2.24, 2.45) is 0 Å². The van der Waals surface area contributed by atoms with Crippen LogP contribution >= 0.6 is 0 Å². The predicted molar refractivity (Wildman–Crippen MR) is 38.2 cm³/mol. The molecule has 0 saturated heterocycles. The maximum atomic E-state index is 9.18. The van der Waals surface area contributed by atoms with Crippen LogP contribution in [0.25, 0.3) is 11.3 Å². The summed E-state index contributed by atoms with van der Waals surface area (Å²) in [4.78, 5) is 0. The summed E-state index contributed by atoms with van der Waals surface area (Å²) < 4.78 is 1.12. The van der Waals surface area contributed by atoms with Gasteiger partial charge in [-0.05, 0) is 12.1 Å². The van der Waals surface area contributed by atoms with E-state index < -0.39 is 0 Å². The molecule has 0 fully saturated rings. The summed E-state index contributed by atoms with van der Waals surface area (Å²) in [6.07, 6.45) is 1.61. The topological polar surface area (TPSA) is 25.2 Å². The third kappa shape index (κ3) is 0.589. The van der Waals surface area contributed by atoms with Crippen LogP contribution in [-0.4, -0.2) is 9.94 Å². The van der Waals surface area contributed by atoms with Crippen molar-refractivity contribution in [3.05, 3.63) is 36.5 Å². The van der Waals surface area contributed by atoms with Crippen LogP contribution in [0.5, 0.6) is 0 Å². The van der Waals surface area contributed by atoms with E-state index in [0.717, 1.165) is 16.0 Å². The minimum absolute atomic E-state index is 0.850. The molecule has 0 aromatic rings. The Morgan fingerprint density at radius 2 is 1.90 bits per heavy atom. The maximum absolute atomic E-state index is 9.18. The molecule has 1 aliphatic heterocycles. The molecular formula is C8H7NO. The van der Waals surface area contributed by atoms with Gasteiger partial charge in [-0.15, -0.1) is 0 Å². The highest BCUT2D eigenvalue weighted by Gasteiger charge is 2.02. The molecule has 0 spiro atoms. The quantitative estimate of drug-likeness (QED) is 0.545. The van der Waals surface area contributed by atoms with Gasteiger partial charge in [0.2, 0.25) is 0 Å². The van der Waals surface area contributed by atoms with Crippen molar-refractivity contribution in [1.29, 1.82) is 0 Å². The Kier molecular flexibility index (Phi) is 0.947. The van der Waals surface area contributed by atoms with Crippen LogP contribution in [0.3, 0.4) is 0 Å². The number of rotatable bonds is 0.